The van der Waals surface area contributed by atoms with E-state index < -0.39 is 0 Å². The number of nitrogens with one attached hydrogen (secondary N) is 2. The van der Waals surface area contributed by atoms with Gasteiger partial charge in [-0.15, -0.1) is 0 Å². The zero-order chi connectivity index (χ0) is 20.6. The van der Waals surface area contributed by atoms with Gasteiger partial charge in [-0.25, -0.2) is 9.37 Å². The van der Waals surface area contributed by atoms with Crippen LogP contribution in [0.15, 0.2) is 60.8 Å². The number of hydrogen-bond acceptors (Lipinski definition) is 5. The van der Waals surface area contributed by atoms with Crippen LogP contribution in [0.25, 0.3) is 0 Å². The van der Waals surface area contributed by atoms with E-state index in [0.717, 1.165) is 5.56 Å². The molecule has 0 aliphatic carbocycles. The van der Waals surface area contributed by atoms with Crippen molar-refractivity contribution in [3.05, 3.63) is 83.3 Å². The van der Waals surface area contributed by atoms with Gasteiger partial charge in [-0.1, -0.05) is 24.3 Å². The van der Waals surface area contributed by atoms with E-state index in [1.54, 1.807) is 44.6 Å². The van der Waals surface area contributed by atoms with Crippen molar-refractivity contribution in [3.63, 3.8) is 0 Å². The molecule has 0 saturated carbocycles. The van der Waals surface area contributed by atoms with Gasteiger partial charge in [0.15, 0.2) is 11.5 Å². The van der Waals surface area contributed by atoms with E-state index >= 15 is 0 Å². The molecule has 0 bridgehead atoms. The summed E-state index contributed by atoms with van der Waals surface area (Å²) in [6, 6.07) is 15.4. The molecule has 0 saturated heterocycles. The van der Waals surface area contributed by atoms with E-state index in [2.05, 4.69) is 15.6 Å². The molecular weight excluding hydrogens is 373 g/mol. The summed E-state index contributed by atoms with van der Waals surface area (Å²) in [4.78, 5) is 16.5. The first-order chi connectivity index (χ1) is 14.1. The molecule has 0 atom stereocenters. The molecule has 3 aromatic rings. The maximum absolute atomic E-state index is 13.6. The van der Waals surface area contributed by atoms with Crippen LogP contribution in [0.3, 0.4) is 0 Å². The zero-order valence-corrected chi connectivity index (χ0v) is 16.2. The number of rotatable bonds is 8. The number of carbonyl (C=O) groups excluding carboxylic acids is 1. The first kappa shape index (κ1) is 20.1. The Morgan fingerprint density at radius 2 is 1.79 bits per heavy atom. The molecule has 0 spiro atoms. The summed E-state index contributed by atoms with van der Waals surface area (Å²) in [5.41, 5.74) is 1.83. The predicted octanol–water partition coefficient (Wildman–Crippen LogP) is 3.78. The van der Waals surface area contributed by atoms with E-state index in [9.17, 15) is 9.18 Å². The van der Waals surface area contributed by atoms with Crippen molar-refractivity contribution in [2.75, 3.05) is 19.5 Å². The molecule has 0 unspecified atom stereocenters. The van der Waals surface area contributed by atoms with Gasteiger partial charge in [0.1, 0.15) is 11.6 Å². The van der Waals surface area contributed by atoms with Crippen LogP contribution in [-0.4, -0.2) is 25.1 Å². The van der Waals surface area contributed by atoms with Crippen molar-refractivity contribution in [2.24, 2.45) is 0 Å². The SMILES string of the molecule is COc1ccc(CNc2ccc(C(=O)NCc3ccccc3F)cn2)cc1OC. The number of anilines is 1. The number of ether oxygens (including phenoxy) is 2. The Hall–Kier alpha value is -3.61. The number of halogens is 1. The van der Waals surface area contributed by atoms with E-state index in [4.69, 9.17) is 9.47 Å². The minimum atomic E-state index is -0.347. The Balaban J connectivity index is 1.56. The largest absolute Gasteiger partial charge is 0.493 e. The van der Waals surface area contributed by atoms with Crippen molar-refractivity contribution >= 4 is 11.7 Å². The molecule has 0 aliphatic rings. The summed E-state index contributed by atoms with van der Waals surface area (Å²) in [6.07, 6.45) is 1.48. The molecule has 6 nitrogen and oxygen atoms in total. The Morgan fingerprint density at radius 1 is 1.00 bits per heavy atom. The van der Waals surface area contributed by atoms with Crippen molar-refractivity contribution in [2.45, 2.75) is 13.1 Å². The quantitative estimate of drug-likeness (QED) is 0.607. The normalized spacial score (nSPS) is 10.3. The molecule has 7 heteroatoms. The van der Waals surface area contributed by atoms with Crippen molar-refractivity contribution in [1.29, 1.82) is 0 Å². The highest BCUT2D eigenvalue weighted by Crippen LogP contribution is 2.27. The highest BCUT2D eigenvalue weighted by molar-refractivity contribution is 5.94. The van der Waals surface area contributed by atoms with Crippen LogP contribution >= 0.6 is 0 Å². The third-order valence-electron chi connectivity index (χ3n) is 4.34. The van der Waals surface area contributed by atoms with Crippen LogP contribution in [-0.2, 0) is 13.1 Å². The number of nitrogens with zero attached hydrogens (tertiary/aromatic N) is 1. The molecule has 3 rings (SSSR count). The smallest absolute Gasteiger partial charge is 0.253 e. The maximum atomic E-state index is 13.6. The summed E-state index contributed by atoms with van der Waals surface area (Å²) >= 11 is 0. The molecule has 29 heavy (non-hydrogen) atoms. The minimum Gasteiger partial charge on any atom is -0.493 e. The van der Waals surface area contributed by atoms with Crippen molar-refractivity contribution < 1.29 is 18.7 Å². The second kappa shape index (κ2) is 9.54. The lowest BCUT2D eigenvalue weighted by Gasteiger charge is -2.11. The van der Waals surface area contributed by atoms with Crippen LogP contribution in [0.2, 0.25) is 0 Å². The first-order valence-corrected chi connectivity index (χ1v) is 9.03. The minimum absolute atomic E-state index is 0.116. The molecular formula is C22H22FN3O3. The molecule has 0 aliphatic heterocycles. The second-order valence-corrected chi connectivity index (χ2v) is 6.25. The van der Waals surface area contributed by atoms with Gasteiger partial charge < -0.3 is 20.1 Å². The van der Waals surface area contributed by atoms with E-state index in [-0.39, 0.29) is 18.3 Å². The topological polar surface area (TPSA) is 72.5 Å². The standard InChI is InChI=1S/C22H22FN3O3/c1-28-19-9-7-15(11-20(19)29-2)12-24-21-10-8-17(14-25-21)22(27)26-13-16-5-3-4-6-18(16)23/h3-11,14H,12-13H2,1-2H3,(H,24,25)(H,26,27). The van der Waals surface area contributed by atoms with Crippen molar-refractivity contribution in [3.8, 4) is 11.5 Å². The molecule has 2 N–H and O–H groups in total. The summed E-state index contributed by atoms with van der Waals surface area (Å²) < 4.78 is 24.1. The van der Waals surface area contributed by atoms with E-state index in [0.29, 0.717) is 35.0 Å². The van der Waals surface area contributed by atoms with E-state index in [1.165, 1.54) is 12.3 Å². The third kappa shape index (κ3) is 5.22. The fourth-order valence-corrected chi connectivity index (χ4v) is 2.74. The van der Waals surface area contributed by atoms with Gasteiger partial charge in [0.2, 0.25) is 0 Å². The van der Waals surface area contributed by atoms with E-state index in [1.807, 2.05) is 18.2 Å². The van der Waals surface area contributed by atoms with Crippen LogP contribution in [0.1, 0.15) is 21.5 Å². The summed E-state index contributed by atoms with van der Waals surface area (Å²) in [6.45, 7) is 0.650. The lowest BCUT2D eigenvalue weighted by molar-refractivity contribution is 0.0950. The van der Waals surface area contributed by atoms with Crippen LogP contribution < -0.4 is 20.1 Å². The predicted molar refractivity (Wildman–Crippen MR) is 109 cm³/mol. The number of hydrogen-bond donors (Lipinski definition) is 2. The fraction of sp³-hybridized carbons (Fsp3) is 0.182. The summed E-state index contributed by atoms with van der Waals surface area (Å²) in [5, 5.41) is 5.88. The summed E-state index contributed by atoms with van der Waals surface area (Å²) in [7, 11) is 3.18. The lowest BCUT2D eigenvalue weighted by Crippen LogP contribution is -2.23. The number of pyridine rings is 1. The molecule has 1 amide bonds. The first-order valence-electron chi connectivity index (χ1n) is 9.03. The van der Waals surface area contributed by atoms with Gasteiger partial charge >= 0.3 is 0 Å². The Morgan fingerprint density at radius 3 is 2.48 bits per heavy atom. The molecule has 0 fully saturated rings. The third-order valence-corrected chi connectivity index (χ3v) is 4.34. The second-order valence-electron chi connectivity index (χ2n) is 6.25. The van der Waals surface area contributed by atoms with Crippen LogP contribution in [0, 0.1) is 5.82 Å². The molecule has 1 heterocycles. The number of amides is 1. The fourth-order valence-electron chi connectivity index (χ4n) is 2.74. The Labute approximate surface area is 168 Å². The molecule has 150 valence electrons. The van der Waals surface area contributed by atoms with Gasteiger partial charge in [0.05, 0.1) is 19.8 Å². The average Bonchev–Trinajstić information content (AvgIpc) is 2.77. The maximum Gasteiger partial charge on any atom is 0.253 e. The number of benzene rings is 2. The number of carbonyl (C=O) groups is 1. The average molecular weight is 395 g/mol. The van der Waals surface area contributed by atoms with Crippen LogP contribution in [0.4, 0.5) is 10.2 Å². The summed E-state index contributed by atoms with van der Waals surface area (Å²) in [5.74, 6) is 1.29. The van der Waals surface area contributed by atoms with Gasteiger partial charge in [0, 0.05) is 24.8 Å². The number of methoxy groups -OCH3 is 2. The Kier molecular flexibility index (Phi) is 6.63. The molecule has 2 aromatic carbocycles. The van der Waals surface area contributed by atoms with Gasteiger partial charge in [-0.3, -0.25) is 4.79 Å². The molecule has 1 aromatic heterocycles. The molecule has 0 radical (unpaired) electrons. The van der Waals surface area contributed by atoms with Gasteiger partial charge in [0.25, 0.3) is 5.91 Å². The lowest BCUT2D eigenvalue weighted by atomic mass is 10.2. The van der Waals surface area contributed by atoms with Gasteiger partial charge in [-0.05, 0) is 35.9 Å². The number of aromatic nitrogens is 1. The highest BCUT2D eigenvalue weighted by atomic mass is 19.1. The Bertz CT molecular complexity index is 977. The highest BCUT2D eigenvalue weighted by Gasteiger charge is 2.08. The monoisotopic (exact) mass is 395 g/mol. The van der Waals surface area contributed by atoms with Crippen molar-refractivity contribution in [1.82, 2.24) is 10.3 Å². The zero-order valence-electron chi connectivity index (χ0n) is 16.2. The van der Waals surface area contributed by atoms with Gasteiger partial charge in [-0.2, -0.15) is 0 Å². The van der Waals surface area contributed by atoms with Crippen LogP contribution in [0.5, 0.6) is 11.5 Å².